The molecule has 1 rings (SSSR count). The van der Waals surface area contributed by atoms with Gasteiger partial charge in [0.15, 0.2) is 0 Å². The molecule has 0 bridgehead atoms. The first-order valence-corrected chi connectivity index (χ1v) is 6.17. The number of likely N-dealkylation sites (N-methyl/N-ethyl adjacent to an activating group) is 2. The van der Waals surface area contributed by atoms with Crippen LogP contribution >= 0.6 is 0 Å². The summed E-state index contributed by atoms with van der Waals surface area (Å²) >= 11 is 0. The molecule has 0 aromatic rings. The van der Waals surface area contributed by atoms with Gasteiger partial charge in [0, 0.05) is 19.6 Å². The second-order valence-corrected chi connectivity index (χ2v) is 5.15. The number of piperidine rings is 1. The van der Waals surface area contributed by atoms with Crippen molar-refractivity contribution < 1.29 is 9.53 Å². The Hall–Kier alpha value is -0.650. The fraction of sp³-hybridized carbons (Fsp3) is 0.917. The van der Waals surface area contributed by atoms with Gasteiger partial charge in [-0.2, -0.15) is 0 Å². The van der Waals surface area contributed by atoms with Gasteiger partial charge in [-0.25, -0.2) is 0 Å². The van der Waals surface area contributed by atoms with E-state index in [0.717, 1.165) is 39.0 Å². The summed E-state index contributed by atoms with van der Waals surface area (Å²) in [6.45, 7) is 3.50. The second-order valence-electron chi connectivity index (χ2n) is 5.15. The average molecular weight is 243 g/mol. The van der Waals surface area contributed by atoms with Crippen LogP contribution in [0.2, 0.25) is 0 Å². The number of ether oxygens (including phenoxy) is 1. The number of hydrogen-bond donors (Lipinski definition) is 1. The third kappa shape index (κ3) is 3.94. The standard InChI is InChI=1S/C12H25N3O2/c1-14(2)9-7-13-12(11(16)17-4)6-5-8-15(3)10-12/h13H,5-10H2,1-4H3. The highest BCUT2D eigenvalue weighted by Crippen LogP contribution is 2.21. The summed E-state index contributed by atoms with van der Waals surface area (Å²) in [5, 5.41) is 3.39. The van der Waals surface area contributed by atoms with Crippen LogP contribution < -0.4 is 5.32 Å². The monoisotopic (exact) mass is 243 g/mol. The average Bonchev–Trinajstić information content (AvgIpc) is 2.27. The molecule has 1 aliphatic rings. The van der Waals surface area contributed by atoms with E-state index in [9.17, 15) is 4.79 Å². The molecule has 100 valence electrons. The normalized spacial score (nSPS) is 26.2. The Morgan fingerprint density at radius 3 is 2.76 bits per heavy atom. The molecule has 5 nitrogen and oxygen atoms in total. The summed E-state index contributed by atoms with van der Waals surface area (Å²) in [5.41, 5.74) is -0.516. The van der Waals surface area contributed by atoms with Crippen LogP contribution in [0.5, 0.6) is 0 Å². The molecule has 1 fully saturated rings. The van der Waals surface area contributed by atoms with Gasteiger partial charge in [0.05, 0.1) is 7.11 Å². The van der Waals surface area contributed by atoms with Gasteiger partial charge >= 0.3 is 5.97 Å². The minimum absolute atomic E-state index is 0.136. The predicted octanol–water partition coefficient (Wildman–Crippen LogP) is -0.225. The van der Waals surface area contributed by atoms with Gasteiger partial charge in [-0.05, 0) is 40.5 Å². The Balaban J connectivity index is 2.62. The lowest BCUT2D eigenvalue weighted by atomic mass is 9.89. The molecule has 0 amide bonds. The number of nitrogens with one attached hydrogen (secondary N) is 1. The molecule has 5 heteroatoms. The van der Waals surface area contributed by atoms with Crippen LogP contribution in [0.1, 0.15) is 12.8 Å². The Morgan fingerprint density at radius 2 is 2.24 bits per heavy atom. The van der Waals surface area contributed by atoms with Crippen LogP contribution in [0.25, 0.3) is 0 Å². The van der Waals surface area contributed by atoms with Crippen LogP contribution in [0.4, 0.5) is 0 Å². The zero-order valence-electron chi connectivity index (χ0n) is 11.5. The molecular formula is C12H25N3O2. The van der Waals surface area contributed by atoms with Crippen LogP contribution in [-0.4, -0.2) is 75.7 Å². The van der Waals surface area contributed by atoms with Crippen LogP contribution in [0.15, 0.2) is 0 Å². The van der Waals surface area contributed by atoms with Crippen LogP contribution in [0, 0.1) is 0 Å². The first kappa shape index (κ1) is 14.4. The highest BCUT2D eigenvalue weighted by Gasteiger charge is 2.41. The Kier molecular flexibility index (Phi) is 5.36. The first-order valence-electron chi connectivity index (χ1n) is 6.17. The van der Waals surface area contributed by atoms with E-state index in [2.05, 4.69) is 15.1 Å². The Morgan fingerprint density at radius 1 is 1.53 bits per heavy atom. The molecule has 0 saturated carbocycles. The maximum atomic E-state index is 12.0. The maximum Gasteiger partial charge on any atom is 0.327 e. The van der Waals surface area contributed by atoms with E-state index in [1.54, 1.807) is 0 Å². The van der Waals surface area contributed by atoms with Crippen molar-refractivity contribution in [1.29, 1.82) is 0 Å². The Labute approximate surface area is 104 Å². The van der Waals surface area contributed by atoms with Crippen molar-refractivity contribution in [1.82, 2.24) is 15.1 Å². The first-order chi connectivity index (χ1) is 8.00. The van der Waals surface area contributed by atoms with E-state index < -0.39 is 5.54 Å². The molecule has 1 N–H and O–H groups in total. The molecule has 0 aromatic carbocycles. The van der Waals surface area contributed by atoms with E-state index in [0.29, 0.717) is 0 Å². The van der Waals surface area contributed by atoms with Gasteiger partial charge in [-0.3, -0.25) is 10.1 Å². The largest absolute Gasteiger partial charge is 0.468 e. The molecule has 0 radical (unpaired) electrons. The third-order valence-electron chi connectivity index (χ3n) is 3.28. The van der Waals surface area contributed by atoms with Crippen LogP contribution in [-0.2, 0) is 9.53 Å². The van der Waals surface area contributed by atoms with E-state index in [1.807, 2.05) is 21.1 Å². The number of nitrogens with zero attached hydrogens (tertiary/aromatic N) is 2. The van der Waals surface area contributed by atoms with Crippen molar-refractivity contribution in [2.45, 2.75) is 18.4 Å². The van der Waals surface area contributed by atoms with Crippen LogP contribution in [0.3, 0.4) is 0 Å². The predicted molar refractivity (Wildman–Crippen MR) is 68.0 cm³/mol. The summed E-state index contributed by atoms with van der Waals surface area (Å²) in [6, 6.07) is 0. The fourth-order valence-electron chi connectivity index (χ4n) is 2.37. The van der Waals surface area contributed by atoms with E-state index >= 15 is 0 Å². The topological polar surface area (TPSA) is 44.8 Å². The zero-order valence-corrected chi connectivity index (χ0v) is 11.5. The van der Waals surface area contributed by atoms with Gasteiger partial charge in [0.1, 0.15) is 5.54 Å². The van der Waals surface area contributed by atoms with E-state index in [4.69, 9.17) is 4.74 Å². The number of carbonyl (C=O) groups is 1. The molecule has 1 saturated heterocycles. The third-order valence-corrected chi connectivity index (χ3v) is 3.28. The minimum Gasteiger partial charge on any atom is -0.468 e. The molecule has 1 unspecified atom stereocenters. The van der Waals surface area contributed by atoms with Gasteiger partial charge < -0.3 is 14.5 Å². The molecular weight excluding hydrogens is 218 g/mol. The highest BCUT2D eigenvalue weighted by molar-refractivity contribution is 5.81. The lowest BCUT2D eigenvalue weighted by molar-refractivity contribution is -0.151. The molecule has 0 aliphatic carbocycles. The molecule has 0 spiro atoms. The van der Waals surface area contributed by atoms with Crippen molar-refractivity contribution >= 4 is 5.97 Å². The number of methoxy groups -OCH3 is 1. The van der Waals surface area contributed by atoms with E-state index in [1.165, 1.54) is 7.11 Å². The summed E-state index contributed by atoms with van der Waals surface area (Å²) in [5.74, 6) is -0.136. The minimum atomic E-state index is -0.516. The second kappa shape index (κ2) is 6.33. The summed E-state index contributed by atoms with van der Waals surface area (Å²) in [4.78, 5) is 16.3. The summed E-state index contributed by atoms with van der Waals surface area (Å²) in [6.07, 6.45) is 1.89. The van der Waals surface area contributed by atoms with Crippen molar-refractivity contribution in [3.8, 4) is 0 Å². The molecule has 0 aromatic heterocycles. The summed E-state index contributed by atoms with van der Waals surface area (Å²) < 4.78 is 4.96. The zero-order chi connectivity index (χ0) is 12.9. The number of hydrogen-bond acceptors (Lipinski definition) is 5. The van der Waals surface area contributed by atoms with Gasteiger partial charge in [0.2, 0.25) is 0 Å². The lowest BCUT2D eigenvalue weighted by Crippen LogP contribution is -2.62. The molecule has 1 heterocycles. The summed E-state index contributed by atoms with van der Waals surface area (Å²) in [7, 11) is 7.57. The number of carbonyl (C=O) groups excluding carboxylic acids is 1. The van der Waals surface area contributed by atoms with E-state index in [-0.39, 0.29) is 5.97 Å². The Bertz CT molecular complexity index is 258. The highest BCUT2D eigenvalue weighted by atomic mass is 16.5. The lowest BCUT2D eigenvalue weighted by Gasteiger charge is -2.40. The van der Waals surface area contributed by atoms with Gasteiger partial charge in [-0.1, -0.05) is 0 Å². The maximum absolute atomic E-state index is 12.0. The molecule has 1 aliphatic heterocycles. The van der Waals surface area contributed by atoms with Gasteiger partial charge in [0.25, 0.3) is 0 Å². The van der Waals surface area contributed by atoms with Gasteiger partial charge in [-0.15, -0.1) is 0 Å². The SMILES string of the molecule is COC(=O)C1(NCCN(C)C)CCCN(C)C1. The quantitative estimate of drug-likeness (QED) is 0.676. The van der Waals surface area contributed by atoms with Crippen molar-refractivity contribution in [3.63, 3.8) is 0 Å². The van der Waals surface area contributed by atoms with Crippen molar-refractivity contribution in [2.75, 3.05) is 54.4 Å². The molecule has 1 atom stereocenters. The fourth-order valence-corrected chi connectivity index (χ4v) is 2.37. The number of likely N-dealkylation sites (tertiary alicyclic amines) is 1. The number of rotatable bonds is 5. The number of esters is 1. The smallest absolute Gasteiger partial charge is 0.327 e. The molecule has 17 heavy (non-hydrogen) atoms. The van der Waals surface area contributed by atoms with Crippen molar-refractivity contribution in [3.05, 3.63) is 0 Å². The van der Waals surface area contributed by atoms with Crippen molar-refractivity contribution in [2.24, 2.45) is 0 Å².